The first-order valence-corrected chi connectivity index (χ1v) is 7.04. The molecular formula is C17H15ClN2O. The molecular weight excluding hydrogens is 284 g/mol. The molecule has 0 aliphatic carbocycles. The Balaban J connectivity index is 2.22. The minimum Gasteiger partial charge on any atom is -0.374 e. The van der Waals surface area contributed by atoms with E-state index in [0.29, 0.717) is 10.7 Å². The maximum absolute atomic E-state index is 11.4. The van der Waals surface area contributed by atoms with Crippen molar-refractivity contribution in [1.82, 2.24) is 9.97 Å². The van der Waals surface area contributed by atoms with Crippen LogP contribution in [0.3, 0.4) is 0 Å². The van der Waals surface area contributed by atoms with Crippen molar-refractivity contribution < 1.29 is 5.11 Å². The summed E-state index contributed by atoms with van der Waals surface area (Å²) in [5.41, 5.74) is 0.860. The number of aryl methyl sites for hydroxylation is 1. The van der Waals surface area contributed by atoms with Crippen LogP contribution in [0, 0.1) is 6.92 Å². The summed E-state index contributed by atoms with van der Waals surface area (Å²) in [6, 6.07) is 16.7. The van der Waals surface area contributed by atoms with Gasteiger partial charge in [-0.3, -0.25) is 0 Å². The van der Waals surface area contributed by atoms with Crippen molar-refractivity contribution >= 4 is 11.6 Å². The average molecular weight is 299 g/mol. The van der Waals surface area contributed by atoms with Crippen LogP contribution in [0.15, 0.2) is 60.8 Å². The molecule has 1 heterocycles. The van der Waals surface area contributed by atoms with E-state index < -0.39 is 5.60 Å². The number of aromatic amines is 1. The summed E-state index contributed by atoms with van der Waals surface area (Å²) < 4.78 is 0. The third kappa shape index (κ3) is 2.46. The van der Waals surface area contributed by atoms with E-state index in [-0.39, 0.29) is 0 Å². The molecule has 2 aromatic carbocycles. The molecule has 0 aliphatic heterocycles. The number of nitrogens with zero attached hydrogens (tertiary/aromatic N) is 1. The molecule has 0 saturated carbocycles. The number of imidazole rings is 1. The smallest absolute Gasteiger partial charge is 0.156 e. The third-order valence-electron chi connectivity index (χ3n) is 3.55. The Kier molecular flexibility index (Phi) is 3.53. The number of halogens is 1. The van der Waals surface area contributed by atoms with Crippen LogP contribution >= 0.6 is 11.6 Å². The van der Waals surface area contributed by atoms with Gasteiger partial charge in [-0.1, -0.05) is 54.1 Å². The van der Waals surface area contributed by atoms with Crippen molar-refractivity contribution in [3.8, 4) is 0 Å². The second-order valence-electron chi connectivity index (χ2n) is 4.97. The highest BCUT2D eigenvalue weighted by molar-refractivity contribution is 6.30. The zero-order chi connectivity index (χ0) is 14.9. The SMILES string of the molecule is Cc1ncc(C(O)(c2ccccc2)c2ccc(Cl)cc2)[nH]1. The molecule has 1 atom stereocenters. The number of rotatable bonds is 3. The van der Waals surface area contributed by atoms with Crippen LogP contribution in [0.25, 0.3) is 0 Å². The molecule has 1 unspecified atom stereocenters. The molecule has 3 rings (SSSR count). The Morgan fingerprint density at radius 1 is 1.00 bits per heavy atom. The van der Waals surface area contributed by atoms with E-state index in [9.17, 15) is 5.11 Å². The van der Waals surface area contributed by atoms with Gasteiger partial charge in [-0.2, -0.15) is 0 Å². The molecule has 2 N–H and O–H groups in total. The van der Waals surface area contributed by atoms with E-state index >= 15 is 0 Å². The molecule has 0 fully saturated rings. The number of aliphatic hydroxyl groups is 1. The Morgan fingerprint density at radius 2 is 1.62 bits per heavy atom. The van der Waals surface area contributed by atoms with Crippen LogP contribution in [0.2, 0.25) is 5.02 Å². The molecule has 3 aromatic rings. The maximum Gasteiger partial charge on any atom is 0.156 e. The fraction of sp³-hybridized carbons (Fsp3) is 0.118. The first-order valence-electron chi connectivity index (χ1n) is 6.67. The van der Waals surface area contributed by atoms with E-state index in [1.807, 2.05) is 49.4 Å². The standard InChI is InChI=1S/C17H15ClN2O/c1-12-19-11-16(20-12)17(21,13-5-3-2-4-6-13)14-7-9-15(18)10-8-14/h2-11,21H,1H3,(H,19,20). The van der Waals surface area contributed by atoms with Gasteiger partial charge in [-0.15, -0.1) is 0 Å². The first kappa shape index (κ1) is 13.9. The van der Waals surface area contributed by atoms with Gasteiger partial charge in [0.05, 0.1) is 11.9 Å². The number of hydrogen-bond acceptors (Lipinski definition) is 2. The lowest BCUT2D eigenvalue weighted by Crippen LogP contribution is -2.29. The zero-order valence-corrected chi connectivity index (χ0v) is 12.3. The lowest BCUT2D eigenvalue weighted by atomic mass is 9.84. The van der Waals surface area contributed by atoms with Crippen molar-refractivity contribution in [2.45, 2.75) is 12.5 Å². The van der Waals surface area contributed by atoms with Crippen molar-refractivity contribution in [2.75, 3.05) is 0 Å². The molecule has 21 heavy (non-hydrogen) atoms. The van der Waals surface area contributed by atoms with Crippen LogP contribution in [0.4, 0.5) is 0 Å². The van der Waals surface area contributed by atoms with Crippen molar-refractivity contribution in [2.24, 2.45) is 0 Å². The second-order valence-corrected chi connectivity index (χ2v) is 5.40. The van der Waals surface area contributed by atoms with Gasteiger partial charge in [-0.05, 0) is 30.2 Å². The minimum absolute atomic E-state index is 0.633. The summed E-state index contributed by atoms with van der Waals surface area (Å²) in [6.07, 6.45) is 1.66. The normalized spacial score (nSPS) is 13.9. The summed E-state index contributed by atoms with van der Waals surface area (Å²) >= 11 is 5.96. The Morgan fingerprint density at radius 3 is 2.19 bits per heavy atom. The number of hydrogen-bond donors (Lipinski definition) is 2. The zero-order valence-electron chi connectivity index (χ0n) is 11.5. The number of aromatic nitrogens is 2. The highest BCUT2D eigenvalue weighted by Gasteiger charge is 2.35. The minimum atomic E-state index is -1.28. The largest absolute Gasteiger partial charge is 0.374 e. The predicted octanol–water partition coefficient (Wildman–Crippen LogP) is 3.66. The monoisotopic (exact) mass is 298 g/mol. The third-order valence-corrected chi connectivity index (χ3v) is 3.80. The van der Waals surface area contributed by atoms with Gasteiger partial charge >= 0.3 is 0 Å². The number of H-pyrrole nitrogens is 1. The summed E-state index contributed by atoms with van der Waals surface area (Å²) in [5.74, 6) is 0.758. The lowest BCUT2D eigenvalue weighted by molar-refractivity contribution is 0.121. The summed E-state index contributed by atoms with van der Waals surface area (Å²) in [5, 5.41) is 12.0. The lowest BCUT2D eigenvalue weighted by Gasteiger charge is -2.28. The number of benzene rings is 2. The van der Waals surface area contributed by atoms with E-state index in [1.54, 1.807) is 18.3 Å². The van der Waals surface area contributed by atoms with Gasteiger partial charge in [0.25, 0.3) is 0 Å². The van der Waals surface area contributed by atoms with Crippen molar-refractivity contribution in [3.63, 3.8) is 0 Å². The molecule has 0 bridgehead atoms. The van der Waals surface area contributed by atoms with Crippen molar-refractivity contribution in [3.05, 3.63) is 88.5 Å². The average Bonchev–Trinajstić information content (AvgIpc) is 2.95. The molecule has 1 aromatic heterocycles. The Labute approximate surface area is 128 Å². The molecule has 0 saturated heterocycles. The van der Waals surface area contributed by atoms with Crippen LogP contribution in [-0.2, 0) is 5.60 Å². The van der Waals surface area contributed by atoms with Gasteiger partial charge in [0.15, 0.2) is 5.60 Å². The van der Waals surface area contributed by atoms with Gasteiger partial charge in [0, 0.05) is 5.02 Å². The van der Waals surface area contributed by atoms with Gasteiger partial charge in [0.1, 0.15) is 5.82 Å². The summed E-state index contributed by atoms with van der Waals surface area (Å²) in [4.78, 5) is 7.34. The van der Waals surface area contributed by atoms with Gasteiger partial charge in [0.2, 0.25) is 0 Å². The quantitative estimate of drug-likeness (QED) is 0.775. The summed E-state index contributed by atoms with van der Waals surface area (Å²) in [7, 11) is 0. The van der Waals surface area contributed by atoms with E-state index in [4.69, 9.17) is 11.6 Å². The van der Waals surface area contributed by atoms with Crippen molar-refractivity contribution in [1.29, 1.82) is 0 Å². The summed E-state index contributed by atoms with van der Waals surface area (Å²) in [6.45, 7) is 1.86. The molecule has 106 valence electrons. The van der Waals surface area contributed by atoms with Crippen LogP contribution in [0.5, 0.6) is 0 Å². The van der Waals surface area contributed by atoms with Crippen LogP contribution in [-0.4, -0.2) is 15.1 Å². The van der Waals surface area contributed by atoms with E-state index in [1.165, 1.54) is 0 Å². The molecule has 0 aliphatic rings. The van der Waals surface area contributed by atoms with E-state index in [2.05, 4.69) is 9.97 Å². The van der Waals surface area contributed by atoms with Gasteiger partial charge < -0.3 is 10.1 Å². The molecule has 0 amide bonds. The molecule has 0 spiro atoms. The molecule has 0 radical (unpaired) electrons. The fourth-order valence-electron chi connectivity index (χ4n) is 2.45. The van der Waals surface area contributed by atoms with E-state index in [0.717, 1.165) is 17.0 Å². The number of nitrogens with one attached hydrogen (secondary N) is 1. The fourth-order valence-corrected chi connectivity index (χ4v) is 2.58. The van der Waals surface area contributed by atoms with Crippen LogP contribution < -0.4 is 0 Å². The first-order chi connectivity index (χ1) is 10.1. The maximum atomic E-state index is 11.4. The molecule has 4 heteroatoms. The van der Waals surface area contributed by atoms with Crippen LogP contribution in [0.1, 0.15) is 22.6 Å². The van der Waals surface area contributed by atoms with Gasteiger partial charge in [-0.25, -0.2) is 4.98 Å². The predicted molar refractivity (Wildman–Crippen MR) is 83.3 cm³/mol. The highest BCUT2D eigenvalue weighted by atomic mass is 35.5. The topological polar surface area (TPSA) is 48.9 Å². The molecule has 3 nitrogen and oxygen atoms in total. The Hall–Kier alpha value is -2.10. The second kappa shape index (κ2) is 5.35. The highest BCUT2D eigenvalue weighted by Crippen LogP contribution is 2.35. The Bertz CT molecular complexity index is 737.